The number of allylic oxidation sites excluding steroid dienone is 1. The van der Waals surface area contributed by atoms with Gasteiger partial charge in [-0.2, -0.15) is 0 Å². The zero-order valence-corrected chi connectivity index (χ0v) is 14.0. The summed E-state index contributed by atoms with van der Waals surface area (Å²) in [6, 6.07) is 0. The lowest BCUT2D eigenvalue weighted by atomic mass is 9.63. The molecule has 2 rings (SSSR count). The van der Waals surface area contributed by atoms with Gasteiger partial charge in [-0.3, -0.25) is 0 Å². The number of carbonyl (C=O) groups is 1. The van der Waals surface area contributed by atoms with Gasteiger partial charge in [-0.1, -0.05) is 32.4 Å². The molecule has 4 heteroatoms. The zero-order valence-electron chi connectivity index (χ0n) is 14.0. The van der Waals surface area contributed by atoms with Crippen molar-refractivity contribution in [1.29, 1.82) is 0 Å². The van der Waals surface area contributed by atoms with Crippen molar-refractivity contribution in [2.24, 2.45) is 5.41 Å². The van der Waals surface area contributed by atoms with E-state index in [0.717, 1.165) is 0 Å². The molecule has 0 aromatic carbocycles. The summed E-state index contributed by atoms with van der Waals surface area (Å²) in [6.07, 6.45) is 12.6. The standard InChI is InChI=1S/C19H24O4/c1-6-8-14(16(21)22-11-7-2)9-10-19-17(3,4)12-15(20)13-18(19,5)23-19/h1,7-10,15,20H,2,11-13H2,3-5H3/b10-9+,14-8-/t15-,18+,19-/m0/s1. The van der Waals surface area contributed by atoms with Crippen LogP contribution in [0.5, 0.6) is 0 Å². The van der Waals surface area contributed by atoms with E-state index in [0.29, 0.717) is 18.4 Å². The molecule has 0 unspecified atom stereocenters. The first-order valence-electron chi connectivity index (χ1n) is 7.73. The van der Waals surface area contributed by atoms with Gasteiger partial charge in [0.05, 0.1) is 11.7 Å². The predicted molar refractivity (Wildman–Crippen MR) is 88.5 cm³/mol. The van der Waals surface area contributed by atoms with Crippen LogP contribution in [0.25, 0.3) is 0 Å². The number of hydrogen-bond acceptors (Lipinski definition) is 4. The topological polar surface area (TPSA) is 59.1 Å². The zero-order chi connectivity index (χ0) is 17.3. The van der Waals surface area contributed by atoms with Crippen LogP contribution in [0, 0.1) is 17.8 Å². The Morgan fingerprint density at radius 2 is 2.17 bits per heavy atom. The molecule has 2 aliphatic rings. The average Bonchev–Trinajstić information content (AvgIpc) is 3.06. The van der Waals surface area contributed by atoms with Crippen LogP contribution in [0.15, 0.2) is 36.5 Å². The average molecular weight is 316 g/mol. The maximum atomic E-state index is 12.0. The number of terminal acetylenes is 1. The fraction of sp³-hybridized carbons (Fsp3) is 0.526. The van der Waals surface area contributed by atoms with Crippen molar-refractivity contribution >= 4 is 5.97 Å². The Morgan fingerprint density at radius 3 is 2.74 bits per heavy atom. The van der Waals surface area contributed by atoms with Gasteiger partial charge in [0.2, 0.25) is 0 Å². The maximum absolute atomic E-state index is 12.0. The predicted octanol–water partition coefficient (Wildman–Crippen LogP) is 2.54. The number of aliphatic hydroxyl groups excluding tert-OH is 1. The van der Waals surface area contributed by atoms with E-state index in [1.54, 1.807) is 6.08 Å². The lowest BCUT2D eigenvalue weighted by Crippen LogP contribution is -2.46. The second-order valence-electron chi connectivity index (χ2n) is 7.00. The molecule has 4 nitrogen and oxygen atoms in total. The lowest BCUT2D eigenvalue weighted by molar-refractivity contribution is -0.137. The normalized spacial score (nSPS) is 35.3. The molecule has 0 aromatic rings. The fourth-order valence-corrected chi connectivity index (χ4v) is 3.77. The minimum atomic E-state index is -0.508. The Bertz CT molecular complexity index is 607. The number of carbonyl (C=O) groups excluding carboxylic acids is 1. The van der Waals surface area contributed by atoms with Crippen LogP contribution in [-0.4, -0.2) is 35.0 Å². The first-order valence-corrected chi connectivity index (χ1v) is 7.73. The van der Waals surface area contributed by atoms with Crippen molar-refractivity contribution in [3.8, 4) is 12.3 Å². The maximum Gasteiger partial charge on any atom is 0.339 e. The lowest BCUT2D eigenvalue weighted by Gasteiger charge is -2.39. The third kappa shape index (κ3) is 2.99. The molecule has 0 aromatic heterocycles. The number of ether oxygens (including phenoxy) is 2. The molecular weight excluding hydrogens is 292 g/mol. The van der Waals surface area contributed by atoms with Crippen molar-refractivity contribution in [2.75, 3.05) is 6.61 Å². The van der Waals surface area contributed by atoms with Gasteiger partial charge in [-0.25, -0.2) is 4.79 Å². The Labute approximate surface area is 137 Å². The van der Waals surface area contributed by atoms with Crippen LogP contribution in [0.2, 0.25) is 0 Å². The molecule has 0 radical (unpaired) electrons. The van der Waals surface area contributed by atoms with E-state index in [2.05, 4.69) is 26.3 Å². The third-order valence-electron chi connectivity index (χ3n) is 4.81. The van der Waals surface area contributed by atoms with Crippen LogP contribution in [0.3, 0.4) is 0 Å². The summed E-state index contributed by atoms with van der Waals surface area (Å²) in [6.45, 7) is 9.75. The van der Waals surface area contributed by atoms with Crippen molar-refractivity contribution in [2.45, 2.75) is 50.9 Å². The number of epoxide rings is 1. The van der Waals surface area contributed by atoms with Crippen LogP contribution in [-0.2, 0) is 14.3 Å². The van der Waals surface area contributed by atoms with Crippen molar-refractivity contribution in [1.82, 2.24) is 0 Å². The molecule has 0 spiro atoms. The first kappa shape index (κ1) is 17.5. The minimum absolute atomic E-state index is 0.131. The van der Waals surface area contributed by atoms with Crippen LogP contribution in [0.1, 0.15) is 33.6 Å². The smallest absolute Gasteiger partial charge is 0.339 e. The number of aliphatic hydroxyl groups is 1. The quantitative estimate of drug-likeness (QED) is 0.211. The Hall–Kier alpha value is -1.83. The molecule has 1 saturated carbocycles. The molecule has 124 valence electrons. The summed E-state index contributed by atoms with van der Waals surface area (Å²) >= 11 is 0. The minimum Gasteiger partial charge on any atom is -0.458 e. The van der Waals surface area contributed by atoms with Crippen LogP contribution in [0.4, 0.5) is 0 Å². The molecule has 0 amide bonds. The Morgan fingerprint density at radius 1 is 1.48 bits per heavy atom. The molecule has 1 saturated heterocycles. The molecule has 0 bridgehead atoms. The van der Waals surface area contributed by atoms with E-state index in [1.807, 2.05) is 13.0 Å². The van der Waals surface area contributed by atoms with Crippen LogP contribution >= 0.6 is 0 Å². The van der Waals surface area contributed by atoms with E-state index in [4.69, 9.17) is 15.9 Å². The van der Waals surface area contributed by atoms with Gasteiger partial charge in [-0.15, -0.1) is 6.42 Å². The van der Waals surface area contributed by atoms with Crippen LogP contribution < -0.4 is 0 Å². The van der Waals surface area contributed by atoms with Crippen molar-refractivity contribution in [3.63, 3.8) is 0 Å². The highest BCUT2D eigenvalue weighted by molar-refractivity contribution is 5.92. The first-order chi connectivity index (χ1) is 10.7. The number of esters is 1. The van der Waals surface area contributed by atoms with Crippen molar-refractivity contribution in [3.05, 3.63) is 36.5 Å². The van der Waals surface area contributed by atoms with Gasteiger partial charge >= 0.3 is 5.97 Å². The van der Waals surface area contributed by atoms with Gasteiger partial charge in [0.15, 0.2) is 0 Å². The van der Waals surface area contributed by atoms with Gasteiger partial charge in [0.1, 0.15) is 17.8 Å². The van der Waals surface area contributed by atoms with Gasteiger partial charge in [0, 0.05) is 17.9 Å². The Kier molecular flexibility index (Phi) is 4.57. The van der Waals surface area contributed by atoms with Crippen molar-refractivity contribution < 1.29 is 19.4 Å². The summed E-state index contributed by atoms with van der Waals surface area (Å²) in [5.74, 6) is 1.86. The summed E-state index contributed by atoms with van der Waals surface area (Å²) in [7, 11) is 0. The van der Waals surface area contributed by atoms with E-state index in [-0.39, 0.29) is 18.1 Å². The number of rotatable bonds is 5. The molecule has 1 aliphatic carbocycles. The fourth-order valence-electron chi connectivity index (χ4n) is 3.77. The number of hydrogen-bond donors (Lipinski definition) is 1. The molecule has 3 atom stereocenters. The molecule has 23 heavy (non-hydrogen) atoms. The molecular formula is C19H24O4. The SMILES string of the molecule is C#C/C=C(/C=C/[C@@]12O[C@]1(C)C[C@@H](O)CC2(C)C)C(=O)OCC=C. The van der Waals surface area contributed by atoms with E-state index in [1.165, 1.54) is 12.2 Å². The molecule has 1 N–H and O–H groups in total. The highest BCUT2D eigenvalue weighted by Gasteiger charge is 2.74. The monoisotopic (exact) mass is 316 g/mol. The molecule has 2 fully saturated rings. The third-order valence-corrected chi connectivity index (χ3v) is 4.81. The van der Waals surface area contributed by atoms with E-state index < -0.39 is 17.2 Å². The van der Waals surface area contributed by atoms with Gasteiger partial charge < -0.3 is 14.6 Å². The highest BCUT2D eigenvalue weighted by atomic mass is 16.6. The molecule has 1 heterocycles. The Balaban J connectivity index is 2.24. The van der Waals surface area contributed by atoms with E-state index in [9.17, 15) is 9.90 Å². The van der Waals surface area contributed by atoms with Gasteiger partial charge in [-0.05, 0) is 25.5 Å². The largest absolute Gasteiger partial charge is 0.458 e. The summed E-state index contributed by atoms with van der Waals surface area (Å²) in [5.41, 5.74) is -0.881. The second-order valence-corrected chi connectivity index (χ2v) is 7.00. The summed E-state index contributed by atoms with van der Waals surface area (Å²) in [4.78, 5) is 12.0. The van der Waals surface area contributed by atoms with Gasteiger partial charge in [0.25, 0.3) is 0 Å². The second kappa shape index (κ2) is 5.99. The number of fused-ring (bicyclic) bond motifs is 1. The summed E-state index contributed by atoms with van der Waals surface area (Å²) in [5, 5.41) is 10.0. The summed E-state index contributed by atoms with van der Waals surface area (Å²) < 4.78 is 11.1. The van der Waals surface area contributed by atoms with E-state index >= 15 is 0 Å². The highest BCUT2D eigenvalue weighted by Crippen LogP contribution is 2.66. The molecule has 1 aliphatic heterocycles.